The fourth-order valence-electron chi connectivity index (χ4n) is 2.34. The number of carbonyl (C=O) groups is 1. The number of aryl methyl sites for hydroxylation is 1. The molecular weight excluding hydrogens is 313 g/mol. The second kappa shape index (κ2) is 7.19. The molecule has 1 aliphatic carbocycles. The molecule has 23 heavy (non-hydrogen) atoms. The summed E-state index contributed by atoms with van der Waals surface area (Å²) in [6.45, 7) is 3.09. The molecule has 122 valence electrons. The van der Waals surface area contributed by atoms with E-state index in [0.29, 0.717) is 23.7 Å². The number of benzene rings is 1. The van der Waals surface area contributed by atoms with Crippen molar-refractivity contribution in [2.24, 2.45) is 5.92 Å². The number of nitrogens with one attached hydrogen (secondary N) is 2. The van der Waals surface area contributed by atoms with Crippen LogP contribution >= 0.6 is 11.3 Å². The minimum atomic E-state index is -0.213. The molecule has 4 nitrogen and oxygen atoms in total. The van der Waals surface area contributed by atoms with Crippen molar-refractivity contribution in [2.75, 3.05) is 18.4 Å². The van der Waals surface area contributed by atoms with Gasteiger partial charge in [-0.25, -0.2) is 9.37 Å². The fraction of sp³-hybridized carbons (Fsp3) is 0.412. The molecule has 2 N–H and O–H groups in total. The predicted molar refractivity (Wildman–Crippen MR) is 90.3 cm³/mol. The zero-order valence-electron chi connectivity index (χ0n) is 13.1. The van der Waals surface area contributed by atoms with Crippen LogP contribution in [-0.2, 0) is 11.2 Å². The number of halogens is 1. The molecule has 1 saturated carbocycles. The van der Waals surface area contributed by atoms with Crippen LogP contribution in [0.1, 0.15) is 29.0 Å². The Bertz CT molecular complexity index is 697. The molecule has 1 aliphatic rings. The molecule has 0 aliphatic heterocycles. The molecule has 0 bridgehead atoms. The van der Waals surface area contributed by atoms with Gasteiger partial charge in [0.2, 0.25) is 5.91 Å². The maximum atomic E-state index is 13.7. The molecule has 1 aromatic carbocycles. The van der Waals surface area contributed by atoms with Crippen LogP contribution in [0.4, 0.5) is 9.52 Å². The number of carbonyl (C=O) groups excluding carboxylic acids is 1. The van der Waals surface area contributed by atoms with E-state index in [-0.39, 0.29) is 11.7 Å². The first-order chi connectivity index (χ1) is 11.1. The first-order valence-electron chi connectivity index (χ1n) is 7.82. The largest absolute Gasteiger partial charge is 0.308 e. The number of anilines is 1. The fourth-order valence-corrected chi connectivity index (χ4v) is 3.34. The average Bonchev–Trinajstić information content (AvgIpc) is 3.26. The van der Waals surface area contributed by atoms with E-state index in [9.17, 15) is 9.18 Å². The van der Waals surface area contributed by atoms with Gasteiger partial charge in [-0.3, -0.25) is 4.79 Å². The number of aromatic nitrogens is 1. The number of rotatable bonds is 7. The molecule has 1 fully saturated rings. The molecule has 6 heteroatoms. The molecule has 2 aromatic rings. The van der Waals surface area contributed by atoms with Gasteiger partial charge < -0.3 is 10.6 Å². The summed E-state index contributed by atoms with van der Waals surface area (Å²) in [5, 5.41) is 6.54. The van der Waals surface area contributed by atoms with Crippen LogP contribution in [-0.4, -0.2) is 24.0 Å². The molecular formula is C17H20FN3OS. The van der Waals surface area contributed by atoms with Crippen molar-refractivity contribution in [1.82, 2.24) is 10.3 Å². The van der Waals surface area contributed by atoms with Gasteiger partial charge in [-0.05, 0) is 43.9 Å². The highest BCUT2D eigenvalue weighted by Gasteiger charge is 2.20. The Kier molecular flexibility index (Phi) is 5.03. The highest BCUT2D eigenvalue weighted by molar-refractivity contribution is 7.15. The lowest BCUT2D eigenvalue weighted by Gasteiger charge is -2.03. The Morgan fingerprint density at radius 2 is 2.17 bits per heavy atom. The number of nitrogens with zero attached hydrogens (tertiary/aromatic N) is 1. The molecule has 1 aromatic heterocycles. The number of thiazole rings is 1. The summed E-state index contributed by atoms with van der Waals surface area (Å²) < 4.78 is 13.7. The van der Waals surface area contributed by atoms with Crippen LogP contribution in [0, 0.1) is 18.7 Å². The van der Waals surface area contributed by atoms with E-state index in [2.05, 4.69) is 15.6 Å². The maximum absolute atomic E-state index is 13.7. The first kappa shape index (κ1) is 16.1. The number of hydrogen-bond acceptors (Lipinski definition) is 4. The van der Waals surface area contributed by atoms with Gasteiger partial charge in [0, 0.05) is 11.3 Å². The molecule has 1 heterocycles. The lowest BCUT2D eigenvalue weighted by atomic mass is 10.1. The summed E-state index contributed by atoms with van der Waals surface area (Å²) >= 11 is 1.41. The van der Waals surface area contributed by atoms with Crippen molar-refractivity contribution in [3.8, 4) is 0 Å². The van der Waals surface area contributed by atoms with E-state index in [1.54, 1.807) is 12.1 Å². The summed E-state index contributed by atoms with van der Waals surface area (Å²) in [6.07, 6.45) is 3.02. The Morgan fingerprint density at radius 1 is 1.39 bits per heavy atom. The summed E-state index contributed by atoms with van der Waals surface area (Å²) in [4.78, 5) is 17.2. The molecule has 0 spiro atoms. The van der Waals surface area contributed by atoms with Gasteiger partial charge >= 0.3 is 0 Å². The van der Waals surface area contributed by atoms with Gasteiger partial charge in [-0.15, -0.1) is 11.3 Å². The lowest BCUT2D eigenvalue weighted by Crippen LogP contribution is -2.29. The summed E-state index contributed by atoms with van der Waals surface area (Å²) in [7, 11) is 0. The SMILES string of the molecule is Cc1nc(NC(=O)CNCC2CC2)sc1Cc1ccccc1F. The molecule has 0 atom stereocenters. The van der Waals surface area contributed by atoms with E-state index in [1.165, 1.54) is 30.2 Å². The standard InChI is InChI=1S/C17H20FN3OS/c1-11-15(8-13-4-2-3-5-14(13)18)23-17(20-11)21-16(22)10-19-9-12-6-7-12/h2-5,12,19H,6-10H2,1H3,(H,20,21,22). The van der Waals surface area contributed by atoms with Gasteiger partial charge in [-0.2, -0.15) is 0 Å². The molecule has 0 unspecified atom stereocenters. The maximum Gasteiger partial charge on any atom is 0.240 e. The van der Waals surface area contributed by atoms with Crippen LogP contribution in [0.5, 0.6) is 0 Å². The smallest absolute Gasteiger partial charge is 0.240 e. The molecule has 0 saturated heterocycles. The van der Waals surface area contributed by atoms with E-state index in [0.717, 1.165) is 23.0 Å². The van der Waals surface area contributed by atoms with Crippen LogP contribution in [0.3, 0.4) is 0 Å². The number of hydrogen-bond donors (Lipinski definition) is 2. The highest BCUT2D eigenvalue weighted by Crippen LogP contribution is 2.27. The average molecular weight is 333 g/mol. The Morgan fingerprint density at radius 3 is 2.91 bits per heavy atom. The molecule has 1 amide bonds. The minimum Gasteiger partial charge on any atom is -0.308 e. The normalized spacial score (nSPS) is 14.0. The zero-order chi connectivity index (χ0) is 16.2. The second-order valence-electron chi connectivity index (χ2n) is 5.92. The third-order valence-electron chi connectivity index (χ3n) is 3.86. The van der Waals surface area contributed by atoms with E-state index in [1.807, 2.05) is 13.0 Å². The van der Waals surface area contributed by atoms with Gasteiger partial charge in [0.25, 0.3) is 0 Å². The van der Waals surface area contributed by atoms with Gasteiger partial charge in [-0.1, -0.05) is 18.2 Å². The van der Waals surface area contributed by atoms with E-state index < -0.39 is 0 Å². The first-order valence-corrected chi connectivity index (χ1v) is 8.63. The summed E-state index contributed by atoms with van der Waals surface area (Å²) in [5.74, 6) is 0.448. The highest BCUT2D eigenvalue weighted by atomic mass is 32.1. The minimum absolute atomic E-state index is 0.0863. The summed E-state index contributed by atoms with van der Waals surface area (Å²) in [5.41, 5.74) is 1.47. The van der Waals surface area contributed by atoms with Crippen molar-refractivity contribution in [3.05, 3.63) is 46.2 Å². The molecule has 3 rings (SSSR count). The van der Waals surface area contributed by atoms with E-state index >= 15 is 0 Å². The van der Waals surface area contributed by atoms with Gasteiger partial charge in [0.1, 0.15) is 5.82 Å². The topological polar surface area (TPSA) is 54.0 Å². The van der Waals surface area contributed by atoms with Gasteiger partial charge in [0.15, 0.2) is 5.13 Å². The Balaban J connectivity index is 1.56. The quantitative estimate of drug-likeness (QED) is 0.818. The third kappa shape index (κ3) is 4.59. The second-order valence-corrected chi connectivity index (χ2v) is 7.00. The predicted octanol–water partition coefficient (Wildman–Crippen LogP) is 3.12. The van der Waals surface area contributed by atoms with E-state index in [4.69, 9.17) is 0 Å². The third-order valence-corrected chi connectivity index (χ3v) is 4.94. The van der Waals surface area contributed by atoms with Crippen molar-refractivity contribution in [3.63, 3.8) is 0 Å². The van der Waals surface area contributed by atoms with Crippen molar-refractivity contribution < 1.29 is 9.18 Å². The monoisotopic (exact) mass is 333 g/mol. The van der Waals surface area contributed by atoms with Crippen LogP contribution in [0.2, 0.25) is 0 Å². The molecule has 0 radical (unpaired) electrons. The van der Waals surface area contributed by atoms with Crippen molar-refractivity contribution in [2.45, 2.75) is 26.2 Å². The van der Waals surface area contributed by atoms with Crippen LogP contribution in [0.15, 0.2) is 24.3 Å². The van der Waals surface area contributed by atoms with Gasteiger partial charge in [0.05, 0.1) is 12.2 Å². The zero-order valence-corrected chi connectivity index (χ0v) is 13.9. The van der Waals surface area contributed by atoms with Crippen LogP contribution in [0.25, 0.3) is 0 Å². The van der Waals surface area contributed by atoms with Crippen molar-refractivity contribution >= 4 is 22.4 Å². The van der Waals surface area contributed by atoms with Crippen molar-refractivity contribution in [1.29, 1.82) is 0 Å². The number of amides is 1. The Labute approximate surface area is 139 Å². The van der Waals surface area contributed by atoms with Crippen LogP contribution < -0.4 is 10.6 Å². The lowest BCUT2D eigenvalue weighted by molar-refractivity contribution is -0.115. The summed E-state index contributed by atoms with van der Waals surface area (Å²) in [6, 6.07) is 6.73. The Hall–Kier alpha value is -1.79.